The Morgan fingerprint density at radius 1 is 1.44 bits per heavy atom. The van der Waals surface area contributed by atoms with E-state index < -0.39 is 6.10 Å². The summed E-state index contributed by atoms with van der Waals surface area (Å²) in [6, 6.07) is 4.97. The molecule has 1 unspecified atom stereocenters. The third-order valence-electron chi connectivity index (χ3n) is 2.61. The molecule has 0 fully saturated rings. The van der Waals surface area contributed by atoms with Gasteiger partial charge in [-0.15, -0.1) is 0 Å². The third-order valence-corrected chi connectivity index (χ3v) is 2.61. The van der Waals surface area contributed by atoms with E-state index in [0.717, 1.165) is 18.4 Å². The summed E-state index contributed by atoms with van der Waals surface area (Å²) in [5.74, 6) is -0.297. The van der Waals surface area contributed by atoms with Crippen molar-refractivity contribution in [2.75, 3.05) is 25.1 Å². The Morgan fingerprint density at radius 3 is 2.89 bits per heavy atom. The van der Waals surface area contributed by atoms with Gasteiger partial charge in [-0.2, -0.15) is 0 Å². The van der Waals surface area contributed by atoms with Crippen molar-refractivity contribution in [3.63, 3.8) is 0 Å². The summed E-state index contributed by atoms with van der Waals surface area (Å²) in [5.41, 5.74) is 1.29. The molecule has 0 aliphatic carbocycles. The van der Waals surface area contributed by atoms with Gasteiger partial charge in [0, 0.05) is 13.2 Å². The number of hydrogen-bond donors (Lipinski definition) is 2. The molecule has 102 valence electrons. The quantitative estimate of drug-likeness (QED) is 0.702. The first kappa shape index (κ1) is 14.9. The fourth-order valence-corrected chi connectivity index (χ4v) is 1.52. The highest BCUT2D eigenvalue weighted by atomic mass is 19.1. The molecular formula is C14H22FNO2. The van der Waals surface area contributed by atoms with Crippen LogP contribution >= 0.6 is 0 Å². The molecule has 18 heavy (non-hydrogen) atoms. The minimum Gasteiger partial charge on any atom is -0.389 e. The minimum absolute atomic E-state index is 0.278. The topological polar surface area (TPSA) is 41.5 Å². The number of aliphatic hydroxyl groups excluding tert-OH is 1. The van der Waals surface area contributed by atoms with Crippen LogP contribution < -0.4 is 5.32 Å². The van der Waals surface area contributed by atoms with Crippen LogP contribution in [0.3, 0.4) is 0 Å². The van der Waals surface area contributed by atoms with Crippen molar-refractivity contribution in [3.05, 3.63) is 29.6 Å². The standard InChI is InChI=1S/C14H22FNO2/c1-3-4-7-18-10-12(17)9-16-14-6-5-11(2)8-13(14)15/h5-6,8,12,16-17H,3-4,7,9-10H2,1-2H3. The van der Waals surface area contributed by atoms with E-state index in [1.165, 1.54) is 6.07 Å². The molecule has 0 spiro atoms. The molecule has 0 aliphatic rings. The van der Waals surface area contributed by atoms with Gasteiger partial charge in [0.25, 0.3) is 0 Å². The SMILES string of the molecule is CCCCOCC(O)CNc1ccc(C)cc1F. The van der Waals surface area contributed by atoms with Gasteiger partial charge in [-0.05, 0) is 31.0 Å². The number of halogens is 1. The lowest BCUT2D eigenvalue weighted by atomic mass is 10.2. The van der Waals surface area contributed by atoms with Crippen LogP contribution in [0, 0.1) is 12.7 Å². The van der Waals surface area contributed by atoms with Crippen LogP contribution in [0.2, 0.25) is 0 Å². The molecule has 0 saturated carbocycles. The Balaban J connectivity index is 2.27. The van der Waals surface area contributed by atoms with E-state index in [2.05, 4.69) is 12.2 Å². The molecule has 0 aromatic heterocycles. The second kappa shape index (κ2) is 8.06. The van der Waals surface area contributed by atoms with Crippen LogP contribution in [-0.2, 0) is 4.74 Å². The minimum atomic E-state index is -0.623. The average Bonchev–Trinajstić information content (AvgIpc) is 2.33. The second-order valence-corrected chi connectivity index (χ2v) is 4.45. The van der Waals surface area contributed by atoms with Gasteiger partial charge in [0.15, 0.2) is 0 Å². The molecular weight excluding hydrogens is 233 g/mol. The lowest BCUT2D eigenvalue weighted by Gasteiger charge is -2.13. The maximum atomic E-state index is 13.5. The normalized spacial score (nSPS) is 12.4. The van der Waals surface area contributed by atoms with Gasteiger partial charge in [0.2, 0.25) is 0 Å². The highest BCUT2D eigenvalue weighted by molar-refractivity contribution is 5.46. The van der Waals surface area contributed by atoms with E-state index in [4.69, 9.17) is 4.74 Å². The number of rotatable bonds is 8. The van der Waals surface area contributed by atoms with E-state index in [-0.39, 0.29) is 19.0 Å². The first-order valence-corrected chi connectivity index (χ1v) is 6.39. The molecule has 0 radical (unpaired) electrons. The summed E-state index contributed by atoms with van der Waals surface area (Å²) >= 11 is 0. The van der Waals surface area contributed by atoms with Crippen molar-refractivity contribution in [3.8, 4) is 0 Å². The summed E-state index contributed by atoms with van der Waals surface area (Å²) in [4.78, 5) is 0. The second-order valence-electron chi connectivity index (χ2n) is 4.45. The molecule has 0 amide bonds. The van der Waals surface area contributed by atoms with Crippen LogP contribution in [0.1, 0.15) is 25.3 Å². The zero-order chi connectivity index (χ0) is 13.4. The van der Waals surface area contributed by atoms with Crippen LogP contribution in [0.25, 0.3) is 0 Å². The Hall–Kier alpha value is -1.13. The summed E-state index contributed by atoms with van der Waals surface area (Å²) in [6.45, 7) is 5.14. The number of unbranched alkanes of at least 4 members (excludes halogenated alkanes) is 1. The maximum absolute atomic E-state index is 13.5. The predicted molar refractivity (Wildman–Crippen MR) is 71.4 cm³/mol. The van der Waals surface area contributed by atoms with Crippen molar-refractivity contribution in [2.24, 2.45) is 0 Å². The van der Waals surface area contributed by atoms with Crippen LogP contribution in [0.4, 0.5) is 10.1 Å². The monoisotopic (exact) mass is 255 g/mol. The Bertz CT molecular complexity index is 358. The smallest absolute Gasteiger partial charge is 0.146 e. The zero-order valence-corrected chi connectivity index (χ0v) is 11.1. The first-order valence-electron chi connectivity index (χ1n) is 6.39. The van der Waals surface area contributed by atoms with E-state index in [1.807, 2.05) is 13.0 Å². The number of ether oxygens (including phenoxy) is 1. The van der Waals surface area contributed by atoms with Crippen LogP contribution in [0.15, 0.2) is 18.2 Å². The van der Waals surface area contributed by atoms with Gasteiger partial charge in [-0.3, -0.25) is 0 Å². The largest absolute Gasteiger partial charge is 0.389 e. The number of anilines is 1. The van der Waals surface area contributed by atoms with Gasteiger partial charge in [-0.25, -0.2) is 4.39 Å². The average molecular weight is 255 g/mol. The van der Waals surface area contributed by atoms with E-state index in [0.29, 0.717) is 12.3 Å². The summed E-state index contributed by atoms with van der Waals surface area (Å²) in [5, 5.41) is 12.5. The Kier molecular flexibility index (Phi) is 6.68. The van der Waals surface area contributed by atoms with Crippen LogP contribution in [0.5, 0.6) is 0 Å². The van der Waals surface area contributed by atoms with E-state index >= 15 is 0 Å². The van der Waals surface area contributed by atoms with Crippen molar-refractivity contribution in [1.82, 2.24) is 0 Å². The van der Waals surface area contributed by atoms with Crippen molar-refractivity contribution in [1.29, 1.82) is 0 Å². The highest BCUT2D eigenvalue weighted by Crippen LogP contribution is 2.14. The molecule has 0 bridgehead atoms. The fourth-order valence-electron chi connectivity index (χ4n) is 1.52. The molecule has 3 nitrogen and oxygen atoms in total. The van der Waals surface area contributed by atoms with Gasteiger partial charge < -0.3 is 15.2 Å². The summed E-state index contributed by atoms with van der Waals surface area (Å²) < 4.78 is 18.8. The number of nitrogens with one attached hydrogen (secondary N) is 1. The molecule has 0 saturated heterocycles. The molecule has 4 heteroatoms. The molecule has 2 N–H and O–H groups in total. The molecule has 1 rings (SSSR count). The number of benzene rings is 1. The first-order chi connectivity index (χ1) is 8.63. The third kappa shape index (κ3) is 5.47. The van der Waals surface area contributed by atoms with Gasteiger partial charge in [-0.1, -0.05) is 19.4 Å². The fraction of sp³-hybridized carbons (Fsp3) is 0.571. The number of aryl methyl sites for hydroxylation is 1. The van der Waals surface area contributed by atoms with E-state index in [9.17, 15) is 9.50 Å². The van der Waals surface area contributed by atoms with Crippen molar-refractivity contribution in [2.45, 2.75) is 32.8 Å². The molecule has 1 atom stereocenters. The van der Waals surface area contributed by atoms with Gasteiger partial charge in [0.1, 0.15) is 5.82 Å². The summed E-state index contributed by atoms with van der Waals surface area (Å²) in [6.07, 6.45) is 1.44. The molecule has 0 aliphatic heterocycles. The predicted octanol–water partition coefficient (Wildman–Crippen LogP) is 2.72. The zero-order valence-electron chi connectivity index (χ0n) is 11.1. The molecule has 0 heterocycles. The van der Waals surface area contributed by atoms with Gasteiger partial charge >= 0.3 is 0 Å². The Labute approximate surface area is 108 Å². The highest BCUT2D eigenvalue weighted by Gasteiger charge is 2.06. The molecule has 1 aromatic rings. The Morgan fingerprint density at radius 2 is 2.22 bits per heavy atom. The summed E-state index contributed by atoms with van der Waals surface area (Å²) in [7, 11) is 0. The maximum Gasteiger partial charge on any atom is 0.146 e. The van der Waals surface area contributed by atoms with Crippen molar-refractivity contribution >= 4 is 5.69 Å². The lowest BCUT2D eigenvalue weighted by molar-refractivity contribution is 0.0421. The number of aliphatic hydroxyl groups is 1. The van der Waals surface area contributed by atoms with E-state index in [1.54, 1.807) is 6.07 Å². The van der Waals surface area contributed by atoms with Crippen molar-refractivity contribution < 1.29 is 14.2 Å². The lowest BCUT2D eigenvalue weighted by Crippen LogP contribution is -2.25. The van der Waals surface area contributed by atoms with Gasteiger partial charge in [0.05, 0.1) is 18.4 Å². The van der Waals surface area contributed by atoms with Crippen LogP contribution in [-0.4, -0.2) is 31.0 Å². The molecule has 1 aromatic carbocycles. The number of hydrogen-bond acceptors (Lipinski definition) is 3.